The zero-order valence-electron chi connectivity index (χ0n) is 8.16. The number of rotatable bonds is 4. The van der Waals surface area contributed by atoms with Gasteiger partial charge in [-0.15, -0.1) is 0 Å². The standard InChI is InChI=1S/C11H15NO/c1-3-10(8-13)6-11-5-4-9(2)12-7-11/h4-5,7-8,10H,3,6H2,1-2H3. The zero-order chi connectivity index (χ0) is 9.68. The molecule has 2 nitrogen and oxygen atoms in total. The first-order valence-corrected chi connectivity index (χ1v) is 4.63. The lowest BCUT2D eigenvalue weighted by atomic mass is 10.00. The quantitative estimate of drug-likeness (QED) is 0.660. The van der Waals surface area contributed by atoms with E-state index >= 15 is 0 Å². The average molecular weight is 177 g/mol. The van der Waals surface area contributed by atoms with Gasteiger partial charge in [-0.05, 0) is 31.4 Å². The fourth-order valence-corrected chi connectivity index (χ4v) is 1.21. The van der Waals surface area contributed by atoms with Crippen molar-refractivity contribution in [2.75, 3.05) is 0 Å². The SMILES string of the molecule is CCC(C=O)Cc1ccc(C)nc1. The van der Waals surface area contributed by atoms with Gasteiger partial charge in [0.15, 0.2) is 0 Å². The van der Waals surface area contributed by atoms with Gasteiger partial charge in [0.25, 0.3) is 0 Å². The second-order valence-corrected chi connectivity index (χ2v) is 3.32. The molecule has 0 spiro atoms. The largest absolute Gasteiger partial charge is 0.303 e. The summed E-state index contributed by atoms with van der Waals surface area (Å²) in [4.78, 5) is 14.8. The Hall–Kier alpha value is -1.18. The van der Waals surface area contributed by atoms with Crippen LogP contribution >= 0.6 is 0 Å². The Kier molecular flexibility index (Phi) is 3.62. The van der Waals surface area contributed by atoms with Crippen LogP contribution in [0.2, 0.25) is 0 Å². The summed E-state index contributed by atoms with van der Waals surface area (Å²) in [5, 5.41) is 0. The van der Waals surface area contributed by atoms with Crippen LogP contribution < -0.4 is 0 Å². The van der Waals surface area contributed by atoms with Crippen molar-refractivity contribution < 1.29 is 4.79 Å². The maximum Gasteiger partial charge on any atom is 0.123 e. The smallest absolute Gasteiger partial charge is 0.123 e. The predicted molar refractivity (Wildman–Crippen MR) is 52.5 cm³/mol. The second-order valence-electron chi connectivity index (χ2n) is 3.32. The number of hydrogen-bond acceptors (Lipinski definition) is 2. The number of nitrogens with zero attached hydrogens (tertiary/aromatic N) is 1. The molecule has 0 radical (unpaired) electrons. The highest BCUT2D eigenvalue weighted by atomic mass is 16.1. The van der Waals surface area contributed by atoms with Gasteiger partial charge in [0.2, 0.25) is 0 Å². The number of pyridine rings is 1. The minimum absolute atomic E-state index is 0.143. The highest BCUT2D eigenvalue weighted by Crippen LogP contribution is 2.09. The van der Waals surface area contributed by atoms with Crippen LogP contribution in [-0.2, 0) is 11.2 Å². The lowest BCUT2D eigenvalue weighted by molar-refractivity contribution is -0.111. The van der Waals surface area contributed by atoms with Gasteiger partial charge in [-0.1, -0.05) is 13.0 Å². The van der Waals surface area contributed by atoms with Crippen LogP contribution in [0.5, 0.6) is 0 Å². The Labute approximate surface area is 79.0 Å². The van der Waals surface area contributed by atoms with Gasteiger partial charge in [0.1, 0.15) is 6.29 Å². The van der Waals surface area contributed by atoms with Crippen molar-refractivity contribution in [2.24, 2.45) is 5.92 Å². The molecule has 1 aromatic rings. The van der Waals surface area contributed by atoms with Crippen molar-refractivity contribution in [1.82, 2.24) is 4.98 Å². The van der Waals surface area contributed by atoms with E-state index in [-0.39, 0.29) is 5.92 Å². The summed E-state index contributed by atoms with van der Waals surface area (Å²) in [5.74, 6) is 0.143. The third-order valence-corrected chi connectivity index (χ3v) is 2.19. The van der Waals surface area contributed by atoms with Gasteiger partial charge in [-0.3, -0.25) is 4.98 Å². The Morgan fingerprint density at radius 2 is 2.31 bits per heavy atom. The third-order valence-electron chi connectivity index (χ3n) is 2.19. The molecule has 1 aromatic heterocycles. The number of carbonyl (C=O) groups is 1. The van der Waals surface area contributed by atoms with Gasteiger partial charge < -0.3 is 4.79 Å². The summed E-state index contributed by atoms with van der Waals surface area (Å²) in [6, 6.07) is 4.02. The van der Waals surface area contributed by atoms with Crippen molar-refractivity contribution in [1.29, 1.82) is 0 Å². The Balaban J connectivity index is 2.63. The Morgan fingerprint density at radius 3 is 2.77 bits per heavy atom. The van der Waals surface area contributed by atoms with Gasteiger partial charge in [-0.25, -0.2) is 0 Å². The summed E-state index contributed by atoms with van der Waals surface area (Å²) in [7, 11) is 0. The van der Waals surface area contributed by atoms with Crippen molar-refractivity contribution in [2.45, 2.75) is 26.7 Å². The zero-order valence-corrected chi connectivity index (χ0v) is 8.16. The highest BCUT2D eigenvalue weighted by Gasteiger charge is 2.05. The average Bonchev–Trinajstić information content (AvgIpc) is 2.17. The van der Waals surface area contributed by atoms with E-state index < -0.39 is 0 Å². The Bertz CT molecular complexity index is 266. The highest BCUT2D eigenvalue weighted by molar-refractivity contribution is 5.54. The lowest BCUT2D eigenvalue weighted by Crippen LogP contribution is -2.04. The molecule has 0 aromatic carbocycles. The molecule has 13 heavy (non-hydrogen) atoms. The fraction of sp³-hybridized carbons (Fsp3) is 0.455. The second kappa shape index (κ2) is 4.75. The lowest BCUT2D eigenvalue weighted by Gasteiger charge is -2.06. The number of carbonyl (C=O) groups excluding carboxylic acids is 1. The van der Waals surface area contributed by atoms with E-state index in [0.29, 0.717) is 0 Å². The molecule has 0 saturated heterocycles. The monoisotopic (exact) mass is 177 g/mol. The van der Waals surface area contributed by atoms with E-state index in [1.165, 1.54) is 0 Å². The first-order valence-electron chi connectivity index (χ1n) is 4.63. The van der Waals surface area contributed by atoms with E-state index in [1.807, 2.05) is 32.2 Å². The molecule has 0 aliphatic rings. The van der Waals surface area contributed by atoms with Crippen molar-refractivity contribution in [3.8, 4) is 0 Å². The number of aromatic nitrogens is 1. The minimum atomic E-state index is 0.143. The maximum atomic E-state index is 10.6. The van der Waals surface area contributed by atoms with Crippen LogP contribution in [0.25, 0.3) is 0 Å². The molecule has 1 heterocycles. The summed E-state index contributed by atoms with van der Waals surface area (Å²) in [6.45, 7) is 3.99. The van der Waals surface area contributed by atoms with E-state index in [1.54, 1.807) is 0 Å². The first kappa shape index (κ1) is 9.90. The summed E-state index contributed by atoms with van der Waals surface area (Å²) >= 11 is 0. The molecule has 0 saturated carbocycles. The number of aryl methyl sites for hydroxylation is 1. The first-order chi connectivity index (χ1) is 6.26. The minimum Gasteiger partial charge on any atom is -0.303 e. The molecule has 0 bridgehead atoms. The number of aldehydes is 1. The van der Waals surface area contributed by atoms with Crippen molar-refractivity contribution >= 4 is 6.29 Å². The van der Waals surface area contributed by atoms with Crippen LogP contribution in [0.4, 0.5) is 0 Å². The Morgan fingerprint density at radius 1 is 1.54 bits per heavy atom. The van der Waals surface area contributed by atoms with E-state index in [0.717, 1.165) is 30.4 Å². The molecule has 1 rings (SSSR count). The predicted octanol–water partition coefficient (Wildman–Crippen LogP) is 2.16. The van der Waals surface area contributed by atoms with Crippen molar-refractivity contribution in [3.05, 3.63) is 29.6 Å². The van der Waals surface area contributed by atoms with Crippen molar-refractivity contribution in [3.63, 3.8) is 0 Å². The molecule has 2 heteroatoms. The van der Waals surface area contributed by atoms with E-state index in [9.17, 15) is 4.79 Å². The van der Waals surface area contributed by atoms with E-state index in [4.69, 9.17) is 0 Å². The summed E-state index contributed by atoms with van der Waals surface area (Å²) in [6.07, 6.45) is 4.59. The number of hydrogen-bond donors (Lipinski definition) is 0. The maximum absolute atomic E-state index is 10.6. The molecule has 1 unspecified atom stereocenters. The molecular weight excluding hydrogens is 162 g/mol. The molecule has 70 valence electrons. The van der Waals surface area contributed by atoms with Gasteiger partial charge in [0, 0.05) is 17.8 Å². The van der Waals surface area contributed by atoms with Gasteiger partial charge in [0.05, 0.1) is 0 Å². The summed E-state index contributed by atoms with van der Waals surface area (Å²) in [5.41, 5.74) is 2.16. The normalized spacial score (nSPS) is 12.5. The molecular formula is C11H15NO. The molecule has 0 aliphatic heterocycles. The van der Waals surface area contributed by atoms with E-state index in [2.05, 4.69) is 4.98 Å². The van der Waals surface area contributed by atoms with Crippen LogP contribution in [0.1, 0.15) is 24.6 Å². The van der Waals surface area contributed by atoms with Gasteiger partial charge in [-0.2, -0.15) is 0 Å². The summed E-state index contributed by atoms with van der Waals surface area (Å²) < 4.78 is 0. The topological polar surface area (TPSA) is 30.0 Å². The molecule has 0 aliphatic carbocycles. The molecule has 1 atom stereocenters. The van der Waals surface area contributed by atoms with Gasteiger partial charge >= 0.3 is 0 Å². The van der Waals surface area contributed by atoms with Crippen LogP contribution in [-0.4, -0.2) is 11.3 Å². The van der Waals surface area contributed by atoms with Crippen LogP contribution in [0.15, 0.2) is 18.3 Å². The van der Waals surface area contributed by atoms with Crippen LogP contribution in [0.3, 0.4) is 0 Å². The third kappa shape index (κ3) is 2.98. The molecule has 0 N–H and O–H groups in total. The molecule has 0 amide bonds. The van der Waals surface area contributed by atoms with Crippen LogP contribution in [0, 0.1) is 12.8 Å². The fourth-order valence-electron chi connectivity index (χ4n) is 1.21. The molecule has 0 fully saturated rings.